The second-order valence-corrected chi connectivity index (χ2v) is 3.08. The van der Waals surface area contributed by atoms with E-state index in [4.69, 9.17) is 0 Å². The van der Waals surface area contributed by atoms with Gasteiger partial charge in [-0.3, -0.25) is 4.79 Å². The molecule has 0 N–H and O–H groups in total. The van der Waals surface area contributed by atoms with Crippen molar-refractivity contribution >= 4 is 6.29 Å². The van der Waals surface area contributed by atoms with Crippen LogP contribution in [0.5, 0.6) is 0 Å². The topological polar surface area (TPSA) is 17.1 Å². The molecule has 0 fully saturated rings. The SMILES string of the molecule is CC(C)CCCCC#CC=O. The summed E-state index contributed by atoms with van der Waals surface area (Å²) in [4.78, 5) is 9.77. The maximum absolute atomic E-state index is 9.77. The predicted octanol–water partition coefficient (Wildman–Crippen LogP) is 2.41. The van der Waals surface area contributed by atoms with Gasteiger partial charge in [0.05, 0.1) is 0 Å². The van der Waals surface area contributed by atoms with E-state index in [2.05, 4.69) is 25.7 Å². The number of rotatable bonds is 4. The molecule has 0 unspecified atom stereocenters. The van der Waals surface area contributed by atoms with Gasteiger partial charge in [-0.1, -0.05) is 32.6 Å². The summed E-state index contributed by atoms with van der Waals surface area (Å²) in [6, 6.07) is 0. The van der Waals surface area contributed by atoms with Crippen LogP contribution in [0.3, 0.4) is 0 Å². The molecule has 0 aromatic rings. The zero-order valence-corrected chi connectivity index (χ0v) is 7.39. The summed E-state index contributed by atoms with van der Waals surface area (Å²) >= 11 is 0. The minimum atomic E-state index is 0.655. The van der Waals surface area contributed by atoms with Crippen molar-refractivity contribution in [1.29, 1.82) is 0 Å². The second kappa shape index (κ2) is 7.34. The molecular formula is C10H16O. The molecule has 0 saturated heterocycles. The van der Waals surface area contributed by atoms with Crippen LogP contribution in [0.2, 0.25) is 0 Å². The van der Waals surface area contributed by atoms with Gasteiger partial charge in [0, 0.05) is 6.42 Å². The Balaban J connectivity index is 3.08. The first-order chi connectivity index (χ1) is 5.27. The van der Waals surface area contributed by atoms with E-state index in [1.807, 2.05) is 0 Å². The van der Waals surface area contributed by atoms with Crippen molar-refractivity contribution in [2.45, 2.75) is 39.5 Å². The zero-order valence-electron chi connectivity index (χ0n) is 7.39. The van der Waals surface area contributed by atoms with Gasteiger partial charge in [0.2, 0.25) is 0 Å². The molecule has 62 valence electrons. The highest BCUT2D eigenvalue weighted by molar-refractivity contribution is 5.72. The lowest BCUT2D eigenvalue weighted by Crippen LogP contribution is -1.85. The zero-order chi connectivity index (χ0) is 8.53. The Kier molecular flexibility index (Phi) is 6.82. The molecule has 11 heavy (non-hydrogen) atoms. The van der Waals surface area contributed by atoms with Crippen LogP contribution < -0.4 is 0 Å². The van der Waals surface area contributed by atoms with Crippen molar-refractivity contribution in [2.24, 2.45) is 5.92 Å². The number of hydrogen-bond donors (Lipinski definition) is 0. The highest BCUT2D eigenvalue weighted by atomic mass is 16.1. The summed E-state index contributed by atoms with van der Waals surface area (Å²) in [6.07, 6.45) is 5.14. The van der Waals surface area contributed by atoms with Gasteiger partial charge in [-0.2, -0.15) is 0 Å². The molecule has 0 atom stereocenters. The van der Waals surface area contributed by atoms with Crippen LogP contribution >= 0.6 is 0 Å². The average molecular weight is 152 g/mol. The number of aldehydes is 1. The molecule has 0 spiro atoms. The molecule has 0 heterocycles. The van der Waals surface area contributed by atoms with Crippen LogP contribution in [0.25, 0.3) is 0 Å². The van der Waals surface area contributed by atoms with Crippen LogP contribution in [0.15, 0.2) is 0 Å². The van der Waals surface area contributed by atoms with E-state index in [9.17, 15) is 4.79 Å². The van der Waals surface area contributed by atoms with E-state index in [-0.39, 0.29) is 0 Å². The van der Waals surface area contributed by atoms with Gasteiger partial charge in [0.25, 0.3) is 0 Å². The maximum atomic E-state index is 9.77. The van der Waals surface area contributed by atoms with Gasteiger partial charge < -0.3 is 0 Å². The van der Waals surface area contributed by atoms with Crippen LogP contribution in [0.4, 0.5) is 0 Å². The van der Waals surface area contributed by atoms with Crippen molar-refractivity contribution in [2.75, 3.05) is 0 Å². The summed E-state index contributed by atoms with van der Waals surface area (Å²) in [5.41, 5.74) is 0. The molecule has 0 aliphatic heterocycles. The molecular weight excluding hydrogens is 136 g/mol. The standard InChI is InChI=1S/C10H16O/c1-10(2)8-6-4-3-5-7-9-11/h9-10H,3-4,6,8H2,1-2H3. The molecule has 0 saturated carbocycles. The second-order valence-electron chi connectivity index (χ2n) is 3.08. The third-order valence-corrected chi connectivity index (χ3v) is 1.49. The minimum absolute atomic E-state index is 0.655. The van der Waals surface area contributed by atoms with E-state index in [0.29, 0.717) is 6.29 Å². The van der Waals surface area contributed by atoms with E-state index in [0.717, 1.165) is 18.8 Å². The highest BCUT2D eigenvalue weighted by Gasteiger charge is 1.91. The van der Waals surface area contributed by atoms with Crippen molar-refractivity contribution in [1.82, 2.24) is 0 Å². The molecule has 0 aromatic heterocycles. The van der Waals surface area contributed by atoms with Gasteiger partial charge >= 0.3 is 0 Å². The first-order valence-corrected chi connectivity index (χ1v) is 4.19. The van der Waals surface area contributed by atoms with E-state index in [1.165, 1.54) is 12.8 Å². The van der Waals surface area contributed by atoms with E-state index >= 15 is 0 Å². The van der Waals surface area contributed by atoms with Gasteiger partial charge in [0.15, 0.2) is 6.29 Å². The lowest BCUT2D eigenvalue weighted by Gasteiger charge is -2.00. The molecule has 1 heteroatoms. The number of carbonyl (C=O) groups excluding carboxylic acids is 1. The minimum Gasteiger partial charge on any atom is -0.289 e. The lowest BCUT2D eigenvalue weighted by molar-refractivity contribution is -0.103. The molecule has 1 nitrogen and oxygen atoms in total. The molecule has 0 amide bonds. The van der Waals surface area contributed by atoms with Crippen LogP contribution in [0.1, 0.15) is 39.5 Å². The van der Waals surface area contributed by atoms with E-state index in [1.54, 1.807) is 0 Å². The van der Waals surface area contributed by atoms with Crippen molar-refractivity contribution < 1.29 is 4.79 Å². The van der Waals surface area contributed by atoms with Crippen LogP contribution in [-0.2, 0) is 4.79 Å². The quantitative estimate of drug-likeness (QED) is 0.343. The fraction of sp³-hybridized carbons (Fsp3) is 0.700. The van der Waals surface area contributed by atoms with Gasteiger partial charge in [0.1, 0.15) is 0 Å². The summed E-state index contributed by atoms with van der Waals surface area (Å²) in [5.74, 6) is 5.98. The van der Waals surface area contributed by atoms with Crippen molar-refractivity contribution in [3.63, 3.8) is 0 Å². The fourth-order valence-electron chi connectivity index (χ4n) is 0.880. The highest BCUT2D eigenvalue weighted by Crippen LogP contribution is 2.06. The summed E-state index contributed by atoms with van der Waals surface area (Å²) in [7, 11) is 0. The van der Waals surface area contributed by atoms with Gasteiger partial charge in [-0.05, 0) is 18.3 Å². The predicted molar refractivity (Wildman–Crippen MR) is 47.1 cm³/mol. The molecule has 0 radical (unpaired) electrons. The van der Waals surface area contributed by atoms with E-state index < -0.39 is 0 Å². The number of unbranched alkanes of at least 4 members (excludes halogenated alkanes) is 2. The van der Waals surface area contributed by atoms with Gasteiger partial charge in [-0.25, -0.2) is 0 Å². The van der Waals surface area contributed by atoms with Crippen LogP contribution in [0, 0.1) is 17.8 Å². The fourth-order valence-corrected chi connectivity index (χ4v) is 0.880. The Morgan fingerprint density at radius 3 is 2.64 bits per heavy atom. The maximum Gasteiger partial charge on any atom is 0.192 e. The monoisotopic (exact) mass is 152 g/mol. The molecule has 0 aliphatic rings. The van der Waals surface area contributed by atoms with Gasteiger partial charge in [-0.15, -0.1) is 0 Å². The molecule has 0 rings (SSSR count). The van der Waals surface area contributed by atoms with Crippen LogP contribution in [-0.4, -0.2) is 6.29 Å². The third-order valence-electron chi connectivity index (χ3n) is 1.49. The molecule has 0 aromatic carbocycles. The Bertz CT molecular complexity index is 148. The molecule has 0 aliphatic carbocycles. The lowest BCUT2D eigenvalue weighted by atomic mass is 10.1. The molecule has 0 bridgehead atoms. The Hall–Kier alpha value is -0.770. The number of carbonyl (C=O) groups is 1. The van der Waals surface area contributed by atoms with Crippen molar-refractivity contribution in [3.05, 3.63) is 0 Å². The van der Waals surface area contributed by atoms with Crippen molar-refractivity contribution in [3.8, 4) is 11.8 Å². The largest absolute Gasteiger partial charge is 0.289 e. The summed E-state index contributed by atoms with van der Waals surface area (Å²) in [6.45, 7) is 4.44. The first-order valence-electron chi connectivity index (χ1n) is 4.19. The first kappa shape index (κ1) is 10.2. The number of hydrogen-bond acceptors (Lipinski definition) is 1. The summed E-state index contributed by atoms with van der Waals surface area (Å²) in [5, 5.41) is 0. The normalized spacial score (nSPS) is 9.00. The Labute approximate surface area is 69.2 Å². The Morgan fingerprint density at radius 1 is 1.36 bits per heavy atom. The smallest absolute Gasteiger partial charge is 0.192 e. The average Bonchev–Trinajstić information content (AvgIpc) is 1.96. The Morgan fingerprint density at radius 2 is 2.09 bits per heavy atom. The summed E-state index contributed by atoms with van der Waals surface area (Å²) < 4.78 is 0. The third kappa shape index (κ3) is 9.23.